The molecule has 5 heteroatoms. The third kappa shape index (κ3) is 5.38. The van der Waals surface area contributed by atoms with Crippen molar-refractivity contribution in [1.29, 1.82) is 0 Å². The lowest BCUT2D eigenvalue weighted by molar-refractivity contribution is -0.111. The minimum atomic E-state index is -0.267. The molecule has 2 rings (SSSR count). The molecule has 2 aromatic rings. The van der Waals surface area contributed by atoms with Gasteiger partial charge in [0.15, 0.2) is 0 Å². The van der Waals surface area contributed by atoms with Crippen LogP contribution in [0.2, 0.25) is 0 Å². The van der Waals surface area contributed by atoms with Crippen LogP contribution in [0.3, 0.4) is 0 Å². The Kier molecular flexibility index (Phi) is 7.06. The van der Waals surface area contributed by atoms with Gasteiger partial charge in [-0.3, -0.25) is 4.79 Å². The molecule has 0 aliphatic rings. The summed E-state index contributed by atoms with van der Waals surface area (Å²) in [6.07, 6.45) is 5.97. The topological polar surface area (TPSA) is 73.6 Å². The van der Waals surface area contributed by atoms with Crippen LogP contribution in [0.4, 0.5) is 11.4 Å². The molecule has 0 spiro atoms. The number of hydrogen-bond donors (Lipinski definition) is 2. The van der Waals surface area contributed by atoms with Gasteiger partial charge in [-0.05, 0) is 50.6 Å². The Bertz CT molecular complexity index is 866. The van der Waals surface area contributed by atoms with Crippen LogP contribution in [-0.4, -0.2) is 20.1 Å². The summed E-state index contributed by atoms with van der Waals surface area (Å²) in [6.45, 7) is 4.09. The normalized spacial score (nSPS) is 10.5. The van der Waals surface area contributed by atoms with Crippen LogP contribution >= 0.6 is 0 Å². The van der Waals surface area contributed by atoms with E-state index in [0.717, 1.165) is 16.9 Å². The lowest BCUT2D eigenvalue weighted by Crippen LogP contribution is -2.09. The standard InChI is InChI=1S/C22H26N2O3/c1-15(2)9-12-17-20(26-3)13-10-16(22(17)27-4)11-14-21(25)24-19-8-6-5-7-18(19)23/h5-11,13-14H,12,23H2,1-4H3,(H,24,25)/b14-11-. The summed E-state index contributed by atoms with van der Waals surface area (Å²) in [5.74, 6) is 1.18. The molecule has 0 saturated carbocycles. The summed E-state index contributed by atoms with van der Waals surface area (Å²) in [5, 5.41) is 2.77. The number of para-hydroxylation sites is 2. The van der Waals surface area contributed by atoms with Gasteiger partial charge in [-0.1, -0.05) is 23.8 Å². The van der Waals surface area contributed by atoms with Gasteiger partial charge in [0, 0.05) is 17.2 Å². The maximum absolute atomic E-state index is 12.2. The Morgan fingerprint density at radius 2 is 1.85 bits per heavy atom. The second kappa shape index (κ2) is 9.48. The van der Waals surface area contributed by atoms with Crippen molar-refractivity contribution < 1.29 is 14.3 Å². The van der Waals surface area contributed by atoms with Crippen molar-refractivity contribution in [2.75, 3.05) is 25.3 Å². The zero-order valence-corrected chi connectivity index (χ0v) is 16.2. The molecule has 5 nitrogen and oxygen atoms in total. The molecule has 0 fully saturated rings. The molecule has 0 heterocycles. The van der Waals surface area contributed by atoms with Gasteiger partial charge < -0.3 is 20.5 Å². The minimum absolute atomic E-state index is 0.267. The highest BCUT2D eigenvalue weighted by molar-refractivity contribution is 6.03. The summed E-state index contributed by atoms with van der Waals surface area (Å²) < 4.78 is 11.1. The van der Waals surface area contributed by atoms with E-state index in [1.165, 1.54) is 11.6 Å². The second-order valence-corrected chi connectivity index (χ2v) is 6.26. The molecule has 0 aliphatic heterocycles. The highest BCUT2D eigenvalue weighted by Crippen LogP contribution is 2.34. The number of carbonyl (C=O) groups excluding carboxylic acids is 1. The number of nitrogen functional groups attached to an aromatic ring is 1. The van der Waals surface area contributed by atoms with E-state index in [-0.39, 0.29) is 5.91 Å². The fraction of sp³-hybridized carbons (Fsp3) is 0.227. The van der Waals surface area contributed by atoms with E-state index in [0.29, 0.717) is 23.5 Å². The van der Waals surface area contributed by atoms with Crippen LogP contribution < -0.4 is 20.5 Å². The molecule has 142 valence electrons. The number of nitrogens with two attached hydrogens (primary N) is 1. The molecule has 0 atom stereocenters. The highest BCUT2D eigenvalue weighted by Gasteiger charge is 2.13. The van der Waals surface area contributed by atoms with E-state index in [1.807, 2.05) is 38.1 Å². The SMILES string of the molecule is COc1ccc(/C=C\C(=O)Nc2ccccc2N)c(OC)c1CC=C(C)C. The Morgan fingerprint density at radius 3 is 2.48 bits per heavy atom. The van der Waals surface area contributed by atoms with Crippen molar-refractivity contribution in [2.45, 2.75) is 20.3 Å². The number of amides is 1. The van der Waals surface area contributed by atoms with Crippen LogP contribution in [0.1, 0.15) is 25.0 Å². The summed E-state index contributed by atoms with van der Waals surface area (Å²) in [6, 6.07) is 10.9. The van der Waals surface area contributed by atoms with Crippen molar-refractivity contribution in [3.63, 3.8) is 0 Å². The van der Waals surface area contributed by atoms with Gasteiger partial charge in [0.25, 0.3) is 0 Å². The first-order valence-electron chi connectivity index (χ1n) is 8.67. The second-order valence-electron chi connectivity index (χ2n) is 6.26. The molecule has 0 radical (unpaired) electrons. The van der Waals surface area contributed by atoms with Gasteiger partial charge in [-0.15, -0.1) is 0 Å². The van der Waals surface area contributed by atoms with E-state index in [9.17, 15) is 4.79 Å². The molecule has 0 unspecified atom stereocenters. The van der Waals surface area contributed by atoms with E-state index >= 15 is 0 Å². The molecule has 2 aromatic carbocycles. The van der Waals surface area contributed by atoms with Crippen molar-refractivity contribution >= 4 is 23.4 Å². The lowest BCUT2D eigenvalue weighted by atomic mass is 10.0. The first-order chi connectivity index (χ1) is 13.0. The zero-order valence-electron chi connectivity index (χ0n) is 16.2. The molecule has 3 N–H and O–H groups in total. The summed E-state index contributed by atoms with van der Waals surface area (Å²) in [4.78, 5) is 12.2. The highest BCUT2D eigenvalue weighted by atomic mass is 16.5. The monoisotopic (exact) mass is 366 g/mol. The van der Waals surface area contributed by atoms with Crippen molar-refractivity contribution in [2.24, 2.45) is 0 Å². The summed E-state index contributed by atoms with van der Waals surface area (Å²) in [7, 11) is 3.25. The van der Waals surface area contributed by atoms with Crippen LogP contribution in [0, 0.1) is 0 Å². The number of methoxy groups -OCH3 is 2. The number of rotatable bonds is 7. The van der Waals surface area contributed by atoms with E-state index in [4.69, 9.17) is 15.2 Å². The number of anilines is 2. The van der Waals surface area contributed by atoms with Crippen molar-refractivity contribution in [3.8, 4) is 11.5 Å². The first-order valence-corrected chi connectivity index (χ1v) is 8.67. The number of ether oxygens (including phenoxy) is 2. The van der Waals surface area contributed by atoms with E-state index < -0.39 is 0 Å². The average Bonchev–Trinajstić information content (AvgIpc) is 2.65. The molecular formula is C22H26N2O3. The average molecular weight is 366 g/mol. The molecule has 0 bridgehead atoms. The van der Waals surface area contributed by atoms with Gasteiger partial charge in [-0.2, -0.15) is 0 Å². The molecule has 0 aromatic heterocycles. The number of hydrogen-bond acceptors (Lipinski definition) is 4. The Morgan fingerprint density at radius 1 is 1.11 bits per heavy atom. The van der Waals surface area contributed by atoms with Crippen LogP contribution in [0.5, 0.6) is 11.5 Å². The van der Waals surface area contributed by atoms with Crippen LogP contribution in [0.25, 0.3) is 6.08 Å². The predicted octanol–water partition coefficient (Wildman–Crippen LogP) is 4.45. The fourth-order valence-electron chi connectivity index (χ4n) is 2.64. The van der Waals surface area contributed by atoms with Crippen LogP contribution in [-0.2, 0) is 11.2 Å². The van der Waals surface area contributed by atoms with E-state index in [1.54, 1.807) is 32.4 Å². The Balaban J connectivity index is 2.28. The first kappa shape index (κ1) is 20.1. The maximum atomic E-state index is 12.2. The molecule has 27 heavy (non-hydrogen) atoms. The van der Waals surface area contributed by atoms with Gasteiger partial charge in [0.1, 0.15) is 11.5 Å². The zero-order chi connectivity index (χ0) is 19.8. The third-order valence-electron chi connectivity index (χ3n) is 4.02. The van der Waals surface area contributed by atoms with E-state index in [2.05, 4.69) is 11.4 Å². The third-order valence-corrected chi connectivity index (χ3v) is 4.02. The summed E-state index contributed by atoms with van der Waals surface area (Å²) >= 11 is 0. The number of benzene rings is 2. The quantitative estimate of drug-likeness (QED) is 0.431. The maximum Gasteiger partial charge on any atom is 0.248 e. The number of nitrogens with one attached hydrogen (secondary N) is 1. The van der Waals surface area contributed by atoms with Crippen molar-refractivity contribution in [1.82, 2.24) is 0 Å². The predicted molar refractivity (Wildman–Crippen MR) is 111 cm³/mol. The van der Waals surface area contributed by atoms with Crippen molar-refractivity contribution in [3.05, 3.63) is 65.3 Å². The summed E-state index contributed by atoms with van der Waals surface area (Å²) in [5.41, 5.74) is 9.90. The molecular weight excluding hydrogens is 340 g/mol. The molecule has 1 amide bonds. The van der Waals surface area contributed by atoms with Gasteiger partial charge in [0.2, 0.25) is 5.91 Å². The largest absolute Gasteiger partial charge is 0.496 e. The smallest absolute Gasteiger partial charge is 0.248 e. The Hall–Kier alpha value is -3.21. The number of allylic oxidation sites excluding steroid dienone is 2. The van der Waals surface area contributed by atoms with Gasteiger partial charge in [-0.25, -0.2) is 0 Å². The van der Waals surface area contributed by atoms with Crippen LogP contribution in [0.15, 0.2) is 54.1 Å². The number of carbonyl (C=O) groups is 1. The molecule has 0 aliphatic carbocycles. The fourth-order valence-corrected chi connectivity index (χ4v) is 2.64. The Labute approximate surface area is 160 Å². The minimum Gasteiger partial charge on any atom is -0.496 e. The van der Waals surface area contributed by atoms with Gasteiger partial charge in [0.05, 0.1) is 25.6 Å². The van der Waals surface area contributed by atoms with Gasteiger partial charge >= 0.3 is 0 Å². The molecule has 0 saturated heterocycles. The lowest BCUT2D eigenvalue weighted by Gasteiger charge is -2.15.